The summed E-state index contributed by atoms with van der Waals surface area (Å²) in [6.07, 6.45) is 2.59. The van der Waals surface area contributed by atoms with Gasteiger partial charge in [-0.1, -0.05) is 39.8 Å². The number of nitrogens with two attached hydrogens (primary N) is 1. The highest BCUT2D eigenvalue weighted by Crippen LogP contribution is 2.34. The number of ether oxygens (including phenoxy) is 1. The molecule has 1 aromatic heterocycles. The lowest BCUT2D eigenvalue weighted by molar-refractivity contribution is 0.423. The number of hydrogen-bond donors (Lipinski definition) is 1. The second kappa shape index (κ2) is 5.49. The van der Waals surface area contributed by atoms with Gasteiger partial charge in [0.05, 0.1) is 0 Å². The molecular weight excluding hydrogens is 250 g/mol. The summed E-state index contributed by atoms with van der Waals surface area (Å²) in [5.74, 6) is 1.18. The van der Waals surface area contributed by atoms with Gasteiger partial charge in [-0.2, -0.15) is 4.98 Å². The lowest BCUT2D eigenvalue weighted by Gasteiger charge is -2.23. The van der Waals surface area contributed by atoms with Crippen LogP contribution in [-0.4, -0.2) is 9.97 Å². The number of aromatic nitrogens is 2. The summed E-state index contributed by atoms with van der Waals surface area (Å²) in [5, 5.41) is 0. The van der Waals surface area contributed by atoms with E-state index in [0.29, 0.717) is 5.82 Å². The van der Waals surface area contributed by atoms with Crippen LogP contribution in [0.2, 0.25) is 0 Å². The second-order valence-electron chi connectivity index (χ2n) is 5.80. The molecule has 106 valence electrons. The molecule has 0 aliphatic carbocycles. The Balaban J connectivity index is 2.41. The van der Waals surface area contributed by atoms with Crippen molar-refractivity contribution in [3.05, 3.63) is 41.6 Å². The molecule has 0 aliphatic heterocycles. The van der Waals surface area contributed by atoms with Gasteiger partial charge >= 0.3 is 6.01 Å². The van der Waals surface area contributed by atoms with E-state index in [4.69, 9.17) is 10.5 Å². The average Bonchev–Trinajstić information content (AvgIpc) is 2.38. The molecule has 4 nitrogen and oxygen atoms in total. The average molecular weight is 271 g/mol. The van der Waals surface area contributed by atoms with Crippen LogP contribution >= 0.6 is 0 Å². The van der Waals surface area contributed by atoms with Crippen LogP contribution in [0.15, 0.2) is 30.5 Å². The third-order valence-corrected chi connectivity index (χ3v) is 3.12. The molecule has 0 fully saturated rings. The topological polar surface area (TPSA) is 61.0 Å². The molecule has 20 heavy (non-hydrogen) atoms. The zero-order chi connectivity index (χ0) is 14.8. The van der Waals surface area contributed by atoms with E-state index in [0.717, 1.165) is 17.7 Å². The maximum Gasteiger partial charge on any atom is 0.323 e. The van der Waals surface area contributed by atoms with Crippen LogP contribution in [0.1, 0.15) is 38.8 Å². The monoisotopic (exact) mass is 271 g/mol. The number of benzene rings is 1. The first-order chi connectivity index (χ1) is 9.40. The van der Waals surface area contributed by atoms with Crippen LogP contribution in [0.3, 0.4) is 0 Å². The van der Waals surface area contributed by atoms with E-state index < -0.39 is 0 Å². The van der Waals surface area contributed by atoms with Gasteiger partial charge in [-0.15, -0.1) is 0 Å². The molecule has 0 spiro atoms. The third kappa shape index (κ3) is 3.26. The van der Waals surface area contributed by atoms with Crippen molar-refractivity contribution >= 4 is 5.82 Å². The van der Waals surface area contributed by atoms with Gasteiger partial charge in [0.1, 0.15) is 11.6 Å². The van der Waals surface area contributed by atoms with Crippen molar-refractivity contribution in [2.24, 2.45) is 0 Å². The van der Waals surface area contributed by atoms with E-state index in [1.165, 1.54) is 5.56 Å². The van der Waals surface area contributed by atoms with Crippen molar-refractivity contribution in [1.82, 2.24) is 9.97 Å². The Morgan fingerprint density at radius 3 is 2.55 bits per heavy atom. The van der Waals surface area contributed by atoms with E-state index in [1.54, 1.807) is 12.3 Å². The molecule has 4 heteroatoms. The first-order valence-electron chi connectivity index (χ1n) is 6.80. The van der Waals surface area contributed by atoms with E-state index in [-0.39, 0.29) is 11.4 Å². The molecule has 0 bridgehead atoms. The molecule has 1 heterocycles. The summed E-state index contributed by atoms with van der Waals surface area (Å²) in [7, 11) is 0. The predicted molar refractivity (Wildman–Crippen MR) is 81.0 cm³/mol. The molecule has 0 saturated carbocycles. The lowest BCUT2D eigenvalue weighted by Crippen LogP contribution is -2.13. The number of hydrogen-bond acceptors (Lipinski definition) is 4. The van der Waals surface area contributed by atoms with Crippen molar-refractivity contribution in [2.75, 3.05) is 5.73 Å². The minimum atomic E-state index is -0.0131. The van der Waals surface area contributed by atoms with Crippen molar-refractivity contribution in [3.8, 4) is 11.8 Å². The standard InChI is InChI=1S/C16H21N3O/c1-5-11-6-7-13(12(10-11)16(2,3)4)20-15-18-9-8-14(17)19-15/h6-10H,5H2,1-4H3,(H2,17,18,19). The van der Waals surface area contributed by atoms with Gasteiger partial charge in [-0.05, 0) is 29.5 Å². The summed E-state index contributed by atoms with van der Waals surface area (Å²) in [6.45, 7) is 8.63. The molecule has 0 amide bonds. The zero-order valence-corrected chi connectivity index (χ0v) is 12.5. The van der Waals surface area contributed by atoms with Gasteiger partial charge in [-0.3, -0.25) is 0 Å². The van der Waals surface area contributed by atoms with Crippen molar-refractivity contribution in [2.45, 2.75) is 39.5 Å². The van der Waals surface area contributed by atoms with Gasteiger partial charge in [0, 0.05) is 11.8 Å². The number of nitrogens with zero attached hydrogens (tertiary/aromatic N) is 2. The molecule has 0 radical (unpaired) electrons. The maximum atomic E-state index is 5.81. The Morgan fingerprint density at radius 2 is 1.95 bits per heavy atom. The fourth-order valence-corrected chi connectivity index (χ4v) is 1.97. The first-order valence-corrected chi connectivity index (χ1v) is 6.80. The third-order valence-electron chi connectivity index (χ3n) is 3.12. The Labute approximate surface area is 120 Å². The molecule has 2 aromatic rings. The quantitative estimate of drug-likeness (QED) is 0.924. The Morgan fingerprint density at radius 1 is 1.20 bits per heavy atom. The van der Waals surface area contributed by atoms with Gasteiger partial charge in [0.2, 0.25) is 0 Å². The molecule has 0 aliphatic rings. The van der Waals surface area contributed by atoms with E-state index in [2.05, 4.69) is 49.8 Å². The second-order valence-corrected chi connectivity index (χ2v) is 5.80. The van der Waals surface area contributed by atoms with E-state index >= 15 is 0 Å². The number of nitrogen functional groups attached to an aromatic ring is 1. The summed E-state index contributed by atoms with van der Waals surface area (Å²) >= 11 is 0. The van der Waals surface area contributed by atoms with Crippen LogP contribution in [-0.2, 0) is 11.8 Å². The number of rotatable bonds is 3. The van der Waals surface area contributed by atoms with E-state index in [9.17, 15) is 0 Å². The normalized spacial score (nSPS) is 11.4. The maximum absolute atomic E-state index is 5.81. The van der Waals surface area contributed by atoms with E-state index in [1.807, 2.05) is 6.07 Å². The molecule has 2 N–H and O–H groups in total. The minimum absolute atomic E-state index is 0.0131. The van der Waals surface area contributed by atoms with Gasteiger partial charge < -0.3 is 10.5 Å². The Kier molecular flexibility index (Phi) is 3.93. The zero-order valence-electron chi connectivity index (χ0n) is 12.5. The van der Waals surface area contributed by atoms with Gasteiger partial charge in [-0.25, -0.2) is 4.98 Å². The van der Waals surface area contributed by atoms with Crippen LogP contribution in [0.25, 0.3) is 0 Å². The Bertz CT molecular complexity index is 603. The van der Waals surface area contributed by atoms with Crippen molar-refractivity contribution in [3.63, 3.8) is 0 Å². The number of anilines is 1. The SMILES string of the molecule is CCc1ccc(Oc2nccc(N)n2)c(C(C)(C)C)c1. The summed E-state index contributed by atoms with van der Waals surface area (Å²) in [6, 6.07) is 8.14. The van der Waals surface area contributed by atoms with Crippen molar-refractivity contribution in [1.29, 1.82) is 0 Å². The highest BCUT2D eigenvalue weighted by atomic mass is 16.5. The van der Waals surface area contributed by atoms with Crippen LogP contribution in [0.5, 0.6) is 11.8 Å². The highest BCUT2D eigenvalue weighted by molar-refractivity contribution is 5.43. The number of aryl methyl sites for hydroxylation is 1. The van der Waals surface area contributed by atoms with Crippen LogP contribution < -0.4 is 10.5 Å². The smallest absolute Gasteiger partial charge is 0.323 e. The fourth-order valence-electron chi connectivity index (χ4n) is 1.97. The van der Waals surface area contributed by atoms with Crippen LogP contribution in [0.4, 0.5) is 5.82 Å². The van der Waals surface area contributed by atoms with Gasteiger partial charge in [0.25, 0.3) is 0 Å². The molecule has 1 aromatic carbocycles. The van der Waals surface area contributed by atoms with Gasteiger partial charge in [0.15, 0.2) is 0 Å². The minimum Gasteiger partial charge on any atom is -0.424 e. The Hall–Kier alpha value is -2.10. The summed E-state index contributed by atoms with van der Waals surface area (Å²) in [5.41, 5.74) is 8.07. The summed E-state index contributed by atoms with van der Waals surface area (Å²) in [4.78, 5) is 8.17. The molecule has 0 atom stereocenters. The van der Waals surface area contributed by atoms with Crippen LogP contribution in [0, 0.1) is 0 Å². The molecular formula is C16H21N3O. The fraction of sp³-hybridized carbons (Fsp3) is 0.375. The first kappa shape index (κ1) is 14.3. The largest absolute Gasteiger partial charge is 0.424 e. The predicted octanol–water partition coefficient (Wildman–Crippen LogP) is 3.71. The highest BCUT2D eigenvalue weighted by Gasteiger charge is 2.20. The molecule has 0 unspecified atom stereocenters. The lowest BCUT2D eigenvalue weighted by atomic mass is 9.85. The van der Waals surface area contributed by atoms with Crippen molar-refractivity contribution < 1.29 is 4.74 Å². The molecule has 0 saturated heterocycles. The molecule has 2 rings (SSSR count). The summed E-state index contributed by atoms with van der Waals surface area (Å²) < 4.78 is 5.81.